The third kappa shape index (κ3) is 2.56. The fraction of sp³-hybridized carbons (Fsp3) is 0.438. The first-order chi connectivity index (χ1) is 9.78. The van der Waals surface area contributed by atoms with Gasteiger partial charge in [0.1, 0.15) is 0 Å². The Kier molecular flexibility index (Phi) is 3.74. The Hall–Kier alpha value is -1.81. The fourth-order valence-electron chi connectivity index (χ4n) is 2.90. The van der Waals surface area contributed by atoms with Gasteiger partial charge in [-0.2, -0.15) is 0 Å². The van der Waals surface area contributed by atoms with E-state index in [4.69, 9.17) is 4.74 Å². The number of aromatic amines is 1. The lowest BCUT2D eigenvalue weighted by atomic mass is 9.99. The smallest absolute Gasteiger partial charge is 0.251 e. The maximum Gasteiger partial charge on any atom is 0.251 e. The quantitative estimate of drug-likeness (QED) is 0.899. The molecule has 106 valence electrons. The number of nitrogens with one attached hydrogen (secondary N) is 2. The molecule has 2 heterocycles. The molecular weight excluding hydrogens is 252 g/mol. The van der Waals surface area contributed by atoms with E-state index in [0.717, 1.165) is 30.4 Å². The highest BCUT2D eigenvalue weighted by Gasteiger charge is 2.26. The Bertz CT molecular complexity index is 605. The van der Waals surface area contributed by atoms with E-state index in [2.05, 4.69) is 17.2 Å². The number of hydrogen-bond acceptors (Lipinski definition) is 2. The van der Waals surface area contributed by atoms with Gasteiger partial charge in [0.05, 0.1) is 6.10 Å². The molecule has 0 aliphatic carbocycles. The van der Waals surface area contributed by atoms with Crippen molar-refractivity contribution in [1.82, 2.24) is 10.3 Å². The second-order valence-corrected chi connectivity index (χ2v) is 5.36. The number of rotatable bonds is 4. The van der Waals surface area contributed by atoms with Crippen molar-refractivity contribution in [3.8, 4) is 0 Å². The highest BCUT2D eigenvalue weighted by molar-refractivity contribution is 5.98. The summed E-state index contributed by atoms with van der Waals surface area (Å²) >= 11 is 0. The van der Waals surface area contributed by atoms with Gasteiger partial charge in [0.25, 0.3) is 5.91 Å². The minimum atomic E-state index is -0.00477. The van der Waals surface area contributed by atoms with E-state index in [1.54, 1.807) is 0 Å². The highest BCUT2D eigenvalue weighted by atomic mass is 16.5. The van der Waals surface area contributed by atoms with Gasteiger partial charge in [-0.05, 0) is 37.1 Å². The van der Waals surface area contributed by atoms with Gasteiger partial charge in [0, 0.05) is 41.7 Å². The van der Waals surface area contributed by atoms with Crippen LogP contribution in [0.15, 0.2) is 30.5 Å². The van der Waals surface area contributed by atoms with Crippen LogP contribution in [-0.4, -0.2) is 30.1 Å². The van der Waals surface area contributed by atoms with Crippen molar-refractivity contribution in [1.29, 1.82) is 0 Å². The van der Waals surface area contributed by atoms with Crippen LogP contribution in [0.5, 0.6) is 0 Å². The van der Waals surface area contributed by atoms with E-state index < -0.39 is 0 Å². The molecule has 2 aromatic rings. The number of aromatic nitrogens is 1. The van der Waals surface area contributed by atoms with Gasteiger partial charge in [-0.1, -0.05) is 6.92 Å². The summed E-state index contributed by atoms with van der Waals surface area (Å²) < 4.78 is 5.64. The van der Waals surface area contributed by atoms with Crippen LogP contribution < -0.4 is 5.32 Å². The number of fused-ring (bicyclic) bond motifs is 1. The van der Waals surface area contributed by atoms with E-state index in [1.165, 1.54) is 0 Å². The van der Waals surface area contributed by atoms with E-state index in [-0.39, 0.29) is 5.91 Å². The minimum Gasteiger partial charge on any atom is -0.378 e. The number of benzene rings is 1. The van der Waals surface area contributed by atoms with Crippen molar-refractivity contribution in [2.24, 2.45) is 5.92 Å². The molecule has 1 aromatic heterocycles. The lowest BCUT2D eigenvalue weighted by Crippen LogP contribution is -2.32. The number of ether oxygens (including phenoxy) is 1. The van der Waals surface area contributed by atoms with Crippen LogP contribution in [0.2, 0.25) is 0 Å². The molecule has 0 spiro atoms. The maximum absolute atomic E-state index is 12.2. The van der Waals surface area contributed by atoms with Crippen LogP contribution in [0.25, 0.3) is 10.9 Å². The molecule has 4 nitrogen and oxygen atoms in total. The monoisotopic (exact) mass is 272 g/mol. The van der Waals surface area contributed by atoms with Crippen molar-refractivity contribution >= 4 is 16.8 Å². The van der Waals surface area contributed by atoms with Crippen molar-refractivity contribution in [3.63, 3.8) is 0 Å². The van der Waals surface area contributed by atoms with Crippen molar-refractivity contribution < 1.29 is 9.53 Å². The summed E-state index contributed by atoms with van der Waals surface area (Å²) in [6.07, 6.45) is 4.22. The second kappa shape index (κ2) is 5.67. The number of H-pyrrole nitrogens is 1. The zero-order chi connectivity index (χ0) is 13.9. The van der Waals surface area contributed by atoms with Crippen LogP contribution in [0, 0.1) is 5.92 Å². The topological polar surface area (TPSA) is 54.1 Å². The summed E-state index contributed by atoms with van der Waals surface area (Å²) in [5, 5.41) is 4.10. The molecule has 1 aliphatic rings. The molecule has 0 saturated carbocycles. The van der Waals surface area contributed by atoms with Crippen LogP contribution >= 0.6 is 0 Å². The third-order valence-corrected chi connectivity index (χ3v) is 4.09. The Morgan fingerprint density at radius 2 is 2.35 bits per heavy atom. The molecule has 4 heteroatoms. The molecule has 20 heavy (non-hydrogen) atoms. The van der Waals surface area contributed by atoms with Gasteiger partial charge in [-0.15, -0.1) is 0 Å². The normalized spacial score (nSPS) is 22.2. The molecule has 1 aromatic carbocycles. The molecule has 1 saturated heterocycles. The summed E-state index contributed by atoms with van der Waals surface area (Å²) in [6.45, 7) is 3.64. The van der Waals surface area contributed by atoms with E-state index in [0.29, 0.717) is 24.1 Å². The second-order valence-electron chi connectivity index (χ2n) is 5.36. The molecule has 2 unspecified atom stereocenters. The Morgan fingerprint density at radius 1 is 1.45 bits per heavy atom. The molecule has 1 aliphatic heterocycles. The standard InChI is InChI=1S/C16H20N2O2/c1-2-15-13(6-8-20-15)10-18-16(19)12-3-4-14-11(9-12)5-7-17-14/h3-5,7,9,13,15,17H,2,6,8,10H2,1H3,(H,18,19). The first-order valence-electron chi connectivity index (χ1n) is 7.25. The van der Waals surface area contributed by atoms with Gasteiger partial charge in [-0.25, -0.2) is 0 Å². The SMILES string of the molecule is CCC1OCCC1CNC(=O)c1ccc2[nH]ccc2c1. The van der Waals surface area contributed by atoms with Gasteiger partial charge < -0.3 is 15.0 Å². The first-order valence-corrected chi connectivity index (χ1v) is 7.25. The van der Waals surface area contributed by atoms with Crippen molar-refractivity contribution in [3.05, 3.63) is 36.0 Å². The van der Waals surface area contributed by atoms with Gasteiger partial charge in [0.15, 0.2) is 0 Å². The van der Waals surface area contributed by atoms with Crippen LogP contribution in [0.4, 0.5) is 0 Å². The number of amides is 1. The zero-order valence-electron chi connectivity index (χ0n) is 11.7. The fourth-order valence-corrected chi connectivity index (χ4v) is 2.90. The highest BCUT2D eigenvalue weighted by Crippen LogP contribution is 2.22. The van der Waals surface area contributed by atoms with E-state index in [1.807, 2.05) is 30.5 Å². The van der Waals surface area contributed by atoms with E-state index in [9.17, 15) is 4.79 Å². The molecule has 0 radical (unpaired) electrons. The molecule has 2 atom stereocenters. The zero-order valence-corrected chi connectivity index (χ0v) is 11.7. The molecular formula is C16H20N2O2. The van der Waals surface area contributed by atoms with Crippen LogP contribution in [-0.2, 0) is 4.74 Å². The van der Waals surface area contributed by atoms with Crippen molar-refractivity contribution in [2.45, 2.75) is 25.9 Å². The number of carbonyl (C=O) groups is 1. The largest absolute Gasteiger partial charge is 0.378 e. The Morgan fingerprint density at radius 3 is 3.20 bits per heavy atom. The summed E-state index contributed by atoms with van der Waals surface area (Å²) in [5.41, 5.74) is 1.76. The molecule has 1 amide bonds. The van der Waals surface area contributed by atoms with Gasteiger partial charge in [0.2, 0.25) is 0 Å². The Labute approximate surface area is 118 Å². The predicted octanol–water partition coefficient (Wildman–Crippen LogP) is 2.71. The lowest BCUT2D eigenvalue weighted by Gasteiger charge is -2.17. The summed E-state index contributed by atoms with van der Waals surface area (Å²) in [7, 11) is 0. The van der Waals surface area contributed by atoms with Crippen molar-refractivity contribution in [2.75, 3.05) is 13.2 Å². The maximum atomic E-state index is 12.2. The Balaban J connectivity index is 1.63. The third-order valence-electron chi connectivity index (χ3n) is 4.09. The van der Waals surface area contributed by atoms with E-state index >= 15 is 0 Å². The minimum absolute atomic E-state index is 0.00477. The average molecular weight is 272 g/mol. The van der Waals surface area contributed by atoms with Gasteiger partial charge >= 0.3 is 0 Å². The summed E-state index contributed by atoms with van der Waals surface area (Å²) in [4.78, 5) is 15.3. The summed E-state index contributed by atoms with van der Waals surface area (Å²) in [5.74, 6) is 0.440. The lowest BCUT2D eigenvalue weighted by molar-refractivity contribution is 0.0827. The average Bonchev–Trinajstić information content (AvgIpc) is 3.12. The number of carbonyl (C=O) groups excluding carboxylic acids is 1. The first kappa shape index (κ1) is 13.2. The summed E-state index contributed by atoms with van der Waals surface area (Å²) in [6, 6.07) is 7.70. The molecule has 0 bridgehead atoms. The molecule has 3 rings (SSSR count). The predicted molar refractivity (Wildman–Crippen MR) is 78.8 cm³/mol. The van der Waals surface area contributed by atoms with Crippen LogP contribution in [0.1, 0.15) is 30.1 Å². The molecule has 1 fully saturated rings. The molecule has 2 N–H and O–H groups in total. The van der Waals surface area contributed by atoms with Crippen LogP contribution in [0.3, 0.4) is 0 Å². The number of hydrogen-bond donors (Lipinski definition) is 2. The van der Waals surface area contributed by atoms with Gasteiger partial charge in [-0.3, -0.25) is 4.79 Å².